The SMILES string of the molecule is CCc1cnc(-n2nc(OC(C)C)c(Oc3ccc(F)cc3)c2C)nc1. The zero-order chi connectivity index (χ0) is 18.7. The molecule has 1 aromatic carbocycles. The van der Waals surface area contributed by atoms with Gasteiger partial charge >= 0.3 is 0 Å². The van der Waals surface area contributed by atoms with Crippen molar-refractivity contribution in [2.75, 3.05) is 0 Å². The second-order valence-corrected chi connectivity index (χ2v) is 6.10. The monoisotopic (exact) mass is 356 g/mol. The summed E-state index contributed by atoms with van der Waals surface area (Å²) in [5.41, 5.74) is 1.73. The van der Waals surface area contributed by atoms with Crippen molar-refractivity contribution in [1.82, 2.24) is 19.7 Å². The van der Waals surface area contributed by atoms with E-state index < -0.39 is 0 Å². The van der Waals surface area contributed by atoms with Crippen LogP contribution in [-0.4, -0.2) is 25.9 Å². The molecule has 3 rings (SSSR count). The first-order valence-electron chi connectivity index (χ1n) is 8.49. The molecule has 0 aliphatic rings. The van der Waals surface area contributed by atoms with Gasteiger partial charge in [-0.05, 0) is 57.0 Å². The van der Waals surface area contributed by atoms with Gasteiger partial charge in [0, 0.05) is 12.4 Å². The normalized spacial score (nSPS) is 11.0. The summed E-state index contributed by atoms with van der Waals surface area (Å²) in [5, 5.41) is 4.46. The van der Waals surface area contributed by atoms with Gasteiger partial charge in [-0.3, -0.25) is 0 Å². The number of nitrogens with zero attached hydrogens (tertiary/aromatic N) is 4. The van der Waals surface area contributed by atoms with Crippen molar-refractivity contribution in [3.63, 3.8) is 0 Å². The molecule has 0 N–H and O–H groups in total. The molecular formula is C19H21FN4O2. The van der Waals surface area contributed by atoms with Gasteiger partial charge in [0.1, 0.15) is 11.6 Å². The molecule has 26 heavy (non-hydrogen) atoms. The van der Waals surface area contributed by atoms with Crippen molar-refractivity contribution in [2.24, 2.45) is 0 Å². The van der Waals surface area contributed by atoms with Crippen LogP contribution in [0.1, 0.15) is 32.0 Å². The van der Waals surface area contributed by atoms with Crippen LogP contribution in [0.3, 0.4) is 0 Å². The van der Waals surface area contributed by atoms with Gasteiger partial charge in [-0.25, -0.2) is 14.4 Å². The van der Waals surface area contributed by atoms with Crippen LogP contribution in [-0.2, 0) is 6.42 Å². The minimum atomic E-state index is -0.326. The van der Waals surface area contributed by atoms with Crippen LogP contribution in [0.4, 0.5) is 4.39 Å². The molecule has 6 nitrogen and oxygen atoms in total. The number of benzene rings is 1. The van der Waals surface area contributed by atoms with Crippen LogP contribution in [0.25, 0.3) is 5.95 Å². The van der Waals surface area contributed by atoms with E-state index in [-0.39, 0.29) is 11.9 Å². The number of hydrogen-bond donors (Lipinski definition) is 0. The maximum Gasteiger partial charge on any atom is 0.277 e. The lowest BCUT2D eigenvalue weighted by Gasteiger charge is -2.10. The molecule has 2 aromatic heterocycles. The summed E-state index contributed by atoms with van der Waals surface area (Å²) in [7, 11) is 0. The Morgan fingerprint density at radius 1 is 1.12 bits per heavy atom. The van der Waals surface area contributed by atoms with E-state index in [2.05, 4.69) is 15.1 Å². The molecule has 2 heterocycles. The van der Waals surface area contributed by atoms with E-state index in [1.54, 1.807) is 29.2 Å². The molecule has 0 saturated heterocycles. The van der Waals surface area contributed by atoms with Gasteiger partial charge in [-0.1, -0.05) is 6.92 Å². The quantitative estimate of drug-likeness (QED) is 0.661. The zero-order valence-corrected chi connectivity index (χ0v) is 15.2. The molecule has 0 fully saturated rings. The van der Waals surface area contributed by atoms with Crippen molar-refractivity contribution < 1.29 is 13.9 Å². The molecular weight excluding hydrogens is 335 g/mol. The predicted molar refractivity (Wildman–Crippen MR) is 95.5 cm³/mol. The van der Waals surface area contributed by atoms with Gasteiger partial charge in [-0.15, -0.1) is 5.10 Å². The lowest BCUT2D eigenvalue weighted by molar-refractivity contribution is 0.223. The van der Waals surface area contributed by atoms with Crippen LogP contribution in [0.2, 0.25) is 0 Å². The van der Waals surface area contributed by atoms with Gasteiger partial charge in [0.25, 0.3) is 11.8 Å². The smallest absolute Gasteiger partial charge is 0.277 e. The highest BCUT2D eigenvalue weighted by molar-refractivity contribution is 5.44. The Morgan fingerprint density at radius 3 is 2.35 bits per heavy atom. The summed E-state index contributed by atoms with van der Waals surface area (Å²) >= 11 is 0. The number of rotatable bonds is 6. The zero-order valence-electron chi connectivity index (χ0n) is 15.2. The van der Waals surface area contributed by atoms with Crippen molar-refractivity contribution in [2.45, 2.75) is 40.2 Å². The van der Waals surface area contributed by atoms with Crippen LogP contribution >= 0.6 is 0 Å². The second kappa shape index (κ2) is 7.51. The standard InChI is InChI=1S/C19H21FN4O2/c1-5-14-10-21-19(22-11-14)24-13(4)17(18(23-24)25-12(2)3)26-16-8-6-15(20)7-9-16/h6-12H,5H2,1-4H3. The summed E-state index contributed by atoms with van der Waals surface area (Å²) in [6, 6.07) is 5.78. The van der Waals surface area contributed by atoms with Crippen LogP contribution in [0.5, 0.6) is 17.4 Å². The maximum atomic E-state index is 13.1. The van der Waals surface area contributed by atoms with Crippen LogP contribution in [0, 0.1) is 12.7 Å². The first-order valence-corrected chi connectivity index (χ1v) is 8.49. The van der Waals surface area contributed by atoms with Crippen LogP contribution in [0.15, 0.2) is 36.7 Å². The molecule has 0 bridgehead atoms. The number of halogens is 1. The first kappa shape index (κ1) is 17.8. The number of hydrogen-bond acceptors (Lipinski definition) is 5. The second-order valence-electron chi connectivity index (χ2n) is 6.10. The third kappa shape index (κ3) is 3.82. The van der Waals surface area contributed by atoms with Crippen molar-refractivity contribution >= 4 is 0 Å². The van der Waals surface area contributed by atoms with Crippen molar-refractivity contribution in [1.29, 1.82) is 0 Å². The van der Waals surface area contributed by atoms with Crippen molar-refractivity contribution in [3.8, 4) is 23.3 Å². The molecule has 0 aliphatic heterocycles. The van der Waals surface area contributed by atoms with Gasteiger partial charge in [0.05, 0.1) is 11.8 Å². The Hall–Kier alpha value is -2.96. The van der Waals surface area contributed by atoms with E-state index in [0.717, 1.165) is 12.0 Å². The third-order valence-electron chi connectivity index (χ3n) is 3.70. The van der Waals surface area contributed by atoms with Gasteiger partial charge in [0.15, 0.2) is 0 Å². The number of aryl methyl sites for hydroxylation is 1. The largest absolute Gasteiger partial charge is 0.471 e. The molecule has 0 atom stereocenters. The highest BCUT2D eigenvalue weighted by atomic mass is 19.1. The summed E-state index contributed by atoms with van der Waals surface area (Å²) in [6.45, 7) is 7.70. The molecule has 136 valence electrons. The molecule has 0 radical (unpaired) electrons. The molecule has 0 saturated carbocycles. The first-order chi connectivity index (χ1) is 12.5. The fourth-order valence-corrected chi connectivity index (χ4v) is 2.34. The van der Waals surface area contributed by atoms with Crippen LogP contribution < -0.4 is 9.47 Å². The van der Waals surface area contributed by atoms with Gasteiger partial charge < -0.3 is 9.47 Å². The van der Waals surface area contributed by atoms with Gasteiger partial charge in [-0.2, -0.15) is 4.68 Å². The lowest BCUT2D eigenvalue weighted by Crippen LogP contribution is -2.08. The third-order valence-corrected chi connectivity index (χ3v) is 3.70. The number of ether oxygens (including phenoxy) is 2. The average Bonchev–Trinajstić information content (AvgIpc) is 2.92. The summed E-state index contributed by atoms with van der Waals surface area (Å²) < 4.78 is 26.4. The molecule has 3 aromatic rings. The Bertz CT molecular complexity index is 874. The van der Waals surface area contributed by atoms with E-state index in [0.29, 0.717) is 29.0 Å². The Kier molecular flexibility index (Phi) is 5.16. The van der Waals surface area contributed by atoms with E-state index in [1.165, 1.54) is 12.1 Å². The Labute approximate surface area is 151 Å². The van der Waals surface area contributed by atoms with Gasteiger partial charge in [0.2, 0.25) is 5.75 Å². The van der Waals surface area contributed by atoms with E-state index in [1.807, 2.05) is 27.7 Å². The topological polar surface area (TPSA) is 62.1 Å². The average molecular weight is 356 g/mol. The highest BCUT2D eigenvalue weighted by Gasteiger charge is 2.21. The molecule has 0 amide bonds. The molecule has 7 heteroatoms. The summed E-state index contributed by atoms with van der Waals surface area (Å²) in [5.74, 6) is 1.39. The highest BCUT2D eigenvalue weighted by Crippen LogP contribution is 2.35. The van der Waals surface area contributed by atoms with Crippen molar-refractivity contribution in [3.05, 3.63) is 53.7 Å². The molecule has 0 unspecified atom stereocenters. The fraction of sp³-hybridized carbons (Fsp3) is 0.316. The maximum absolute atomic E-state index is 13.1. The van der Waals surface area contributed by atoms with E-state index >= 15 is 0 Å². The fourth-order valence-electron chi connectivity index (χ4n) is 2.34. The Morgan fingerprint density at radius 2 is 1.77 bits per heavy atom. The Balaban J connectivity index is 2.00. The summed E-state index contributed by atoms with van der Waals surface area (Å²) in [6.07, 6.45) is 4.32. The number of aromatic nitrogens is 4. The van der Waals surface area contributed by atoms with E-state index in [9.17, 15) is 4.39 Å². The molecule has 0 aliphatic carbocycles. The summed E-state index contributed by atoms with van der Waals surface area (Å²) in [4.78, 5) is 8.72. The minimum absolute atomic E-state index is 0.0864. The van der Waals surface area contributed by atoms with E-state index in [4.69, 9.17) is 9.47 Å². The predicted octanol–water partition coefficient (Wildman–Crippen LogP) is 4.25. The lowest BCUT2D eigenvalue weighted by atomic mass is 10.3. The molecule has 0 spiro atoms. The minimum Gasteiger partial charge on any atom is -0.471 e.